The van der Waals surface area contributed by atoms with Gasteiger partial charge >= 0.3 is 0 Å². The van der Waals surface area contributed by atoms with Gasteiger partial charge < -0.3 is 20.4 Å². The molecule has 122 valence electrons. The zero-order valence-corrected chi connectivity index (χ0v) is 12.8. The molecule has 0 atom stereocenters. The number of aliphatic hydroxyl groups is 2. The second kappa shape index (κ2) is 15.4. The number of para-hydroxylation sites is 2. The number of benzene rings is 2. The van der Waals surface area contributed by atoms with Crippen LogP contribution in [-0.2, 0) is 0 Å². The molecule has 0 aliphatic carbocycles. The number of hydrogen-bond acceptors (Lipinski definition) is 4. The van der Waals surface area contributed by atoms with E-state index in [4.69, 9.17) is 20.4 Å². The van der Waals surface area contributed by atoms with E-state index in [1.54, 1.807) is 48.5 Å². The number of phenolic OH excluding ortho intramolecular Hbond substituents is 2. The maximum Gasteiger partial charge on any atom is 0.115 e. The van der Waals surface area contributed by atoms with Crippen LogP contribution < -0.4 is 0 Å². The van der Waals surface area contributed by atoms with E-state index < -0.39 is 0 Å². The zero-order chi connectivity index (χ0) is 16.5. The molecule has 0 aliphatic rings. The monoisotopic (exact) mass is 306 g/mol. The first-order valence-corrected chi connectivity index (χ1v) is 7.40. The molecular weight excluding hydrogens is 280 g/mol. The standard InChI is InChI=1S/C6H14O2.2C6H6O/c7-5-3-1-2-4-6-8;2*7-6-4-2-1-3-5-6/h7-8H,1-6H2;2*1-5,7H. The predicted octanol–water partition coefficient (Wildman–Crippen LogP) is 3.32. The van der Waals surface area contributed by atoms with E-state index >= 15 is 0 Å². The lowest BCUT2D eigenvalue weighted by Crippen LogP contribution is -1.85. The molecule has 0 bridgehead atoms. The summed E-state index contributed by atoms with van der Waals surface area (Å²) in [6.45, 7) is 0.566. The lowest BCUT2D eigenvalue weighted by Gasteiger charge is -1.93. The highest BCUT2D eigenvalue weighted by Crippen LogP contribution is 2.03. The van der Waals surface area contributed by atoms with Gasteiger partial charge in [-0.2, -0.15) is 0 Å². The van der Waals surface area contributed by atoms with Crippen molar-refractivity contribution in [1.29, 1.82) is 0 Å². The van der Waals surface area contributed by atoms with Gasteiger partial charge in [0, 0.05) is 13.2 Å². The molecule has 0 heterocycles. The summed E-state index contributed by atoms with van der Waals surface area (Å²) >= 11 is 0. The van der Waals surface area contributed by atoms with Crippen molar-refractivity contribution in [2.24, 2.45) is 0 Å². The van der Waals surface area contributed by atoms with Crippen molar-refractivity contribution < 1.29 is 20.4 Å². The van der Waals surface area contributed by atoms with Gasteiger partial charge in [0.15, 0.2) is 0 Å². The van der Waals surface area contributed by atoms with E-state index in [2.05, 4.69) is 0 Å². The third-order valence-electron chi connectivity index (χ3n) is 2.58. The summed E-state index contributed by atoms with van der Waals surface area (Å²) in [5.74, 6) is 0.644. The Labute approximate surface area is 132 Å². The van der Waals surface area contributed by atoms with E-state index in [1.165, 1.54) is 0 Å². The van der Waals surface area contributed by atoms with Crippen LogP contribution in [0.5, 0.6) is 11.5 Å². The largest absolute Gasteiger partial charge is 0.508 e. The molecule has 0 saturated heterocycles. The second-order valence-corrected chi connectivity index (χ2v) is 4.53. The Morgan fingerprint density at radius 2 is 0.818 bits per heavy atom. The first kappa shape index (κ1) is 20.0. The van der Waals surface area contributed by atoms with Gasteiger partial charge in [-0.15, -0.1) is 0 Å². The molecule has 4 heteroatoms. The van der Waals surface area contributed by atoms with Gasteiger partial charge in [-0.25, -0.2) is 0 Å². The number of aromatic hydroxyl groups is 2. The molecule has 0 aliphatic heterocycles. The van der Waals surface area contributed by atoms with Crippen molar-refractivity contribution in [2.45, 2.75) is 25.7 Å². The van der Waals surface area contributed by atoms with Crippen molar-refractivity contribution in [3.63, 3.8) is 0 Å². The summed E-state index contributed by atoms with van der Waals surface area (Å²) in [4.78, 5) is 0. The second-order valence-electron chi connectivity index (χ2n) is 4.53. The van der Waals surface area contributed by atoms with Gasteiger partial charge in [0.2, 0.25) is 0 Å². The molecule has 22 heavy (non-hydrogen) atoms. The molecule has 0 amide bonds. The van der Waals surface area contributed by atoms with Crippen LogP contribution in [0.25, 0.3) is 0 Å². The Morgan fingerprint density at radius 3 is 1.00 bits per heavy atom. The van der Waals surface area contributed by atoms with E-state index in [-0.39, 0.29) is 13.2 Å². The van der Waals surface area contributed by atoms with Crippen LogP contribution in [0, 0.1) is 0 Å². The molecule has 0 saturated carbocycles. The Balaban J connectivity index is 0.000000301. The highest BCUT2D eigenvalue weighted by atomic mass is 16.3. The van der Waals surface area contributed by atoms with Crippen LogP contribution in [0.3, 0.4) is 0 Å². The SMILES string of the molecule is OCCCCCCO.Oc1ccccc1.Oc1ccccc1. The lowest BCUT2D eigenvalue weighted by atomic mass is 10.2. The lowest BCUT2D eigenvalue weighted by molar-refractivity contribution is 0.265. The van der Waals surface area contributed by atoms with Gasteiger partial charge in [0.05, 0.1) is 0 Å². The molecule has 4 nitrogen and oxygen atoms in total. The van der Waals surface area contributed by atoms with E-state index in [0.29, 0.717) is 11.5 Å². The smallest absolute Gasteiger partial charge is 0.115 e. The average Bonchev–Trinajstić information content (AvgIpc) is 2.54. The van der Waals surface area contributed by atoms with Crippen LogP contribution >= 0.6 is 0 Å². The summed E-state index contributed by atoms with van der Waals surface area (Å²) < 4.78 is 0. The molecular formula is C18H26O4. The highest BCUT2D eigenvalue weighted by molar-refractivity contribution is 5.19. The van der Waals surface area contributed by atoms with E-state index in [9.17, 15) is 0 Å². The van der Waals surface area contributed by atoms with Gasteiger partial charge in [-0.1, -0.05) is 49.2 Å². The van der Waals surface area contributed by atoms with E-state index in [1.807, 2.05) is 12.1 Å². The molecule has 0 unspecified atom stereocenters. The quantitative estimate of drug-likeness (QED) is 0.639. The van der Waals surface area contributed by atoms with Crippen LogP contribution in [0.4, 0.5) is 0 Å². The van der Waals surface area contributed by atoms with Crippen LogP contribution in [0.15, 0.2) is 60.7 Å². The minimum Gasteiger partial charge on any atom is -0.508 e. The van der Waals surface area contributed by atoms with Crippen molar-refractivity contribution in [2.75, 3.05) is 13.2 Å². The molecule has 0 aromatic heterocycles. The normalized spacial score (nSPS) is 9.00. The molecule has 2 aromatic rings. The fraction of sp³-hybridized carbons (Fsp3) is 0.333. The predicted molar refractivity (Wildman–Crippen MR) is 88.9 cm³/mol. The Morgan fingerprint density at radius 1 is 0.500 bits per heavy atom. The average molecular weight is 306 g/mol. The van der Waals surface area contributed by atoms with Crippen LogP contribution in [0.1, 0.15) is 25.7 Å². The Bertz CT molecular complexity index is 388. The van der Waals surface area contributed by atoms with Crippen LogP contribution in [-0.4, -0.2) is 33.6 Å². The fourth-order valence-corrected chi connectivity index (χ4v) is 1.43. The number of aliphatic hydroxyl groups excluding tert-OH is 2. The van der Waals surface area contributed by atoms with Gasteiger partial charge in [0.25, 0.3) is 0 Å². The van der Waals surface area contributed by atoms with Crippen LogP contribution in [0.2, 0.25) is 0 Å². The maximum absolute atomic E-state index is 8.63. The summed E-state index contributed by atoms with van der Waals surface area (Å²) in [6, 6.07) is 17.4. The molecule has 0 radical (unpaired) electrons. The number of unbranched alkanes of at least 4 members (excludes halogenated alkanes) is 3. The minimum atomic E-state index is 0.283. The van der Waals surface area contributed by atoms with Crippen molar-refractivity contribution in [1.82, 2.24) is 0 Å². The molecule has 0 spiro atoms. The van der Waals surface area contributed by atoms with Gasteiger partial charge in [-0.3, -0.25) is 0 Å². The first-order valence-electron chi connectivity index (χ1n) is 7.40. The minimum absolute atomic E-state index is 0.283. The molecule has 0 fully saturated rings. The number of hydrogen-bond donors (Lipinski definition) is 4. The Kier molecular flexibility index (Phi) is 13.9. The van der Waals surface area contributed by atoms with Crippen molar-refractivity contribution in [3.05, 3.63) is 60.7 Å². The first-order chi connectivity index (χ1) is 10.7. The third kappa shape index (κ3) is 14.4. The summed E-state index contributed by atoms with van der Waals surface area (Å²) in [7, 11) is 0. The molecule has 2 aromatic carbocycles. The maximum atomic E-state index is 8.63. The zero-order valence-electron chi connectivity index (χ0n) is 12.8. The number of rotatable bonds is 5. The highest BCUT2D eigenvalue weighted by Gasteiger charge is 1.84. The summed E-state index contributed by atoms with van der Waals surface area (Å²) in [5, 5.41) is 33.9. The van der Waals surface area contributed by atoms with Crippen molar-refractivity contribution in [3.8, 4) is 11.5 Å². The van der Waals surface area contributed by atoms with Gasteiger partial charge in [-0.05, 0) is 37.1 Å². The van der Waals surface area contributed by atoms with Gasteiger partial charge in [0.1, 0.15) is 11.5 Å². The van der Waals surface area contributed by atoms with Crippen molar-refractivity contribution >= 4 is 0 Å². The summed E-state index contributed by atoms with van der Waals surface area (Å²) in [5.41, 5.74) is 0. The molecule has 2 rings (SSSR count). The molecule has 4 N–H and O–H groups in total. The number of phenols is 2. The topological polar surface area (TPSA) is 80.9 Å². The van der Waals surface area contributed by atoms with E-state index in [0.717, 1.165) is 25.7 Å². The Hall–Kier alpha value is -2.04. The summed E-state index contributed by atoms with van der Waals surface area (Å²) in [6.07, 6.45) is 3.83. The third-order valence-corrected chi connectivity index (χ3v) is 2.58. The fourth-order valence-electron chi connectivity index (χ4n) is 1.43.